The molecule has 3 heterocycles. The van der Waals surface area contributed by atoms with E-state index in [0.717, 1.165) is 6.61 Å². The number of hydrogen-bond acceptors (Lipinski definition) is 4. The summed E-state index contributed by atoms with van der Waals surface area (Å²) in [5, 5.41) is 0. The van der Waals surface area contributed by atoms with E-state index in [2.05, 4.69) is 4.98 Å². The first-order valence-corrected chi connectivity index (χ1v) is 6.33. The van der Waals surface area contributed by atoms with Crippen LogP contribution >= 0.6 is 0 Å². The average Bonchev–Trinajstić information content (AvgIpc) is 3.25. The molecule has 1 aromatic heterocycles. The van der Waals surface area contributed by atoms with Crippen LogP contribution in [0.1, 0.15) is 10.4 Å². The highest BCUT2D eigenvalue weighted by atomic mass is 16.6. The Morgan fingerprint density at radius 1 is 1.47 bits per heavy atom. The Labute approximate surface area is 111 Å². The van der Waals surface area contributed by atoms with Crippen LogP contribution in [0.2, 0.25) is 0 Å². The van der Waals surface area contributed by atoms with Gasteiger partial charge in [0.2, 0.25) is 5.91 Å². The molecule has 3 rings (SSSR count). The molecule has 2 aliphatic rings. The first-order valence-electron chi connectivity index (χ1n) is 6.33. The second kappa shape index (κ2) is 4.97. The normalized spacial score (nSPS) is 22.5. The van der Waals surface area contributed by atoms with Crippen LogP contribution in [0.25, 0.3) is 0 Å². The number of epoxide rings is 1. The summed E-state index contributed by atoms with van der Waals surface area (Å²) in [5.41, 5.74) is 0.522. The van der Waals surface area contributed by atoms with E-state index in [1.165, 1.54) is 6.20 Å². The van der Waals surface area contributed by atoms with E-state index in [9.17, 15) is 9.59 Å². The van der Waals surface area contributed by atoms with Crippen LogP contribution in [-0.4, -0.2) is 65.5 Å². The van der Waals surface area contributed by atoms with Crippen molar-refractivity contribution < 1.29 is 14.3 Å². The zero-order chi connectivity index (χ0) is 13.2. The fourth-order valence-electron chi connectivity index (χ4n) is 2.17. The summed E-state index contributed by atoms with van der Waals surface area (Å²) in [6.45, 7) is 2.66. The molecule has 0 spiro atoms. The summed E-state index contributed by atoms with van der Waals surface area (Å²) in [6.07, 6.45) is 3.34. The number of carbonyl (C=O) groups is 2. The number of nitrogens with zero attached hydrogens (tertiary/aromatic N) is 3. The maximum Gasteiger partial charge on any atom is 0.255 e. The van der Waals surface area contributed by atoms with Gasteiger partial charge in [0, 0.05) is 32.0 Å². The lowest BCUT2D eigenvalue weighted by Gasteiger charge is -2.34. The van der Waals surface area contributed by atoms with E-state index in [1.807, 2.05) is 0 Å². The number of aromatic nitrogens is 1. The molecule has 0 radical (unpaired) electrons. The molecule has 6 nitrogen and oxygen atoms in total. The molecular formula is C13H15N3O3. The lowest BCUT2D eigenvalue weighted by Crippen LogP contribution is -2.53. The molecule has 1 aromatic rings. The number of pyridine rings is 1. The number of ether oxygens (including phenoxy) is 1. The smallest absolute Gasteiger partial charge is 0.255 e. The van der Waals surface area contributed by atoms with Crippen LogP contribution in [0.15, 0.2) is 24.5 Å². The monoisotopic (exact) mass is 261 g/mol. The third-order valence-electron chi connectivity index (χ3n) is 3.34. The van der Waals surface area contributed by atoms with Crippen LogP contribution in [0.3, 0.4) is 0 Å². The largest absolute Gasteiger partial charge is 0.371 e. The number of hydrogen-bond donors (Lipinski definition) is 0. The molecule has 2 saturated heterocycles. The van der Waals surface area contributed by atoms with E-state index < -0.39 is 0 Å². The van der Waals surface area contributed by atoms with Gasteiger partial charge in [0.1, 0.15) is 6.54 Å². The highest BCUT2D eigenvalue weighted by Crippen LogP contribution is 2.14. The molecule has 1 atom stereocenters. The van der Waals surface area contributed by atoms with Crippen LogP contribution in [0.5, 0.6) is 0 Å². The van der Waals surface area contributed by atoms with Crippen molar-refractivity contribution in [2.24, 2.45) is 0 Å². The van der Waals surface area contributed by atoms with E-state index in [0.29, 0.717) is 25.2 Å². The second-order valence-corrected chi connectivity index (χ2v) is 4.76. The summed E-state index contributed by atoms with van der Waals surface area (Å²) < 4.78 is 5.12. The number of rotatable bonds is 3. The Morgan fingerprint density at radius 3 is 2.95 bits per heavy atom. The Bertz CT molecular complexity index is 487. The standard InChI is InChI=1S/C13H15N3O3/c17-12-8-16(5-4-15(12)7-11-9-19-11)13(18)10-2-1-3-14-6-10/h1-3,6,11H,4-5,7-9H2. The fraction of sp³-hybridized carbons (Fsp3) is 0.462. The zero-order valence-electron chi connectivity index (χ0n) is 10.5. The van der Waals surface area contributed by atoms with Crippen LogP contribution in [-0.2, 0) is 9.53 Å². The predicted octanol–water partition coefficient (Wildman–Crippen LogP) is -0.235. The Morgan fingerprint density at radius 2 is 2.32 bits per heavy atom. The molecule has 6 heteroatoms. The zero-order valence-corrected chi connectivity index (χ0v) is 10.5. The SMILES string of the molecule is O=C1CN(C(=O)c2cccnc2)CCN1CC1CO1. The minimum atomic E-state index is -0.135. The van der Waals surface area contributed by atoms with Crippen molar-refractivity contribution in [1.29, 1.82) is 0 Å². The van der Waals surface area contributed by atoms with Gasteiger partial charge in [0.05, 0.1) is 18.3 Å². The van der Waals surface area contributed by atoms with Gasteiger partial charge < -0.3 is 14.5 Å². The van der Waals surface area contributed by atoms with Crippen LogP contribution < -0.4 is 0 Å². The van der Waals surface area contributed by atoms with E-state index in [-0.39, 0.29) is 24.5 Å². The lowest BCUT2D eigenvalue weighted by molar-refractivity contribution is -0.135. The van der Waals surface area contributed by atoms with Gasteiger partial charge in [-0.15, -0.1) is 0 Å². The van der Waals surface area contributed by atoms with E-state index in [4.69, 9.17) is 4.74 Å². The van der Waals surface area contributed by atoms with Crippen molar-refractivity contribution in [1.82, 2.24) is 14.8 Å². The van der Waals surface area contributed by atoms with Gasteiger partial charge in [0.15, 0.2) is 0 Å². The number of carbonyl (C=O) groups excluding carboxylic acids is 2. The molecule has 0 bridgehead atoms. The Balaban J connectivity index is 1.61. The molecule has 0 aromatic carbocycles. The first-order chi connectivity index (χ1) is 9.24. The van der Waals surface area contributed by atoms with Gasteiger partial charge in [-0.3, -0.25) is 14.6 Å². The fourth-order valence-corrected chi connectivity index (χ4v) is 2.17. The first kappa shape index (κ1) is 12.1. The average molecular weight is 261 g/mol. The third-order valence-corrected chi connectivity index (χ3v) is 3.34. The minimum absolute atomic E-state index is 0.0148. The summed E-state index contributed by atoms with van der Waals surface area (Å²) in [5.74, 6) is -0.150. The maximum absolute atomic E-state index is 12.2. The molecule has 0 N–H and O–H groups in total. The molecule has 2 aliphatic heterocycles. The molecule has 2 amide bonds. The van der Waals surface area contributed by atoms with Gasteiger partial charge in [-0.2, -0.15) is 0 Å². The lowest BCUT2D eigenvalue weighted by atomic mass is 10.2. The molecule has 0 saturated carbocycles. The van der Waals surface area contributed by atoms with Gasteiger partial charge in [0.25, 0.3) is 5.91 Å². The van der Waals surface area contributed by atoms with E-state index in [1.54, 1.807) is 28.1 Å². The molecule has 100 valence electrons. The number of piperazine rings is 1. The van der Waals surface area contributed by atoms with E-state index >= 15 is 0 Å². The maximum atomic E-state index is 12.2. The van der Waals surface area contributed by atoms with Gasteiger partial charge in [-0.05, 0) is 12.1 Å². The van der Waals surface area contributed by atoms with Crippen molar-refractivity contribution in [3.63, 3.8) is 0 Å². The van der Waals surface area contributed by atoms with Crippen LogP contribution in [0, 0.1) is 0 Å². The van der Waals surface area contributed by atoms with Gasteiger partial charge >= 0.3 is 0 Å². The molecular weight excluding hydrogens is 246 g/mol. The molecule has 0 aliphatic carbocycles. The van der Waals surface area contributed by atoms with Crippen molar-refractivity contribution in [2.75, 3.05) is 32.8 Å². The predicted molar refractivity (Wildman–Crippen MR) is 66.5 cm³/mol. The van der Waals surface area contributed by atoms with Crippen molar-refractivity contribution in [3.05, 3.63) is 30.1 Å². The minimum Gasteiger partial charge on any atom is -0.371 e. The second-order valence-electron chi connectivity index (χ2n) is 4.76. The third kappa shape index (κ3) is 2.73. The quantitative estimate of drug-likeness (QED) is 0.705. The molecule has 2 fully saturated rings. The molecule has 1 unspecified atom stereocenters. The van der Waals surface area contributed by atoms with Crippen LogP contribution in [0.4, 0.5) is 0 Å². The Kier molecular flexibility index (Phi) is 3.16. The number of amides is 2. The van der Waals surface area contributed by atoms with Crippen molar-refractivity contribution >= 4 is 11.8 Å². The summed E-state index contributed by atoms with van der Waals surface area (Å²) in [4.78, 5) is 31.4. The molecule has 19 heavy (non-hydrogen) atoms. The summed E-state index contributed by atoms with van der Waals surface area (Å²) in [7, 11) is 0. The summed E-state index contributed by atoms with van der Waals surface area (Å²) in [6, 6.07) is 3.43. The van der Waals surface area contributed by atoms with Crippen molar-refractivity contribution in [2.45, 2.75) is 6.10 Å². The Hall–Kier alpha value is -1.95. The van der Waals surface area contributed by atoms with Gasteiger partial charge in [-0.25, -0.2) is 0 Å². The highest BCUT2D eigenvalue weighted by Gasteiger charge is 2.32. The van der Waals surface area contributed by atoms with Gasteiger partial charge in [-0.1, -0.05) is 0 Å². The highest BCUT2D eigenvalue weighted by molar-refractivity contribution is 5.96. The van der Waals surface area contributed by atoms with Crippen molar-refractivity contribution in [3.8, 4) is 0 Å². The topological polar surface area (TPSA) is 66.0 Å². The summed E-state index contributed by atoms with van der Waals surface area (Å²) >= 11 is 0.